The first-order valence-electron chi connectivity index (χ1n) is 12.8. The molecule has 1 saturated heterocycles. The third-order valence-corrected chi connectivity index (χ3v) is 9.91. The van der Waals surface area contributed by atoms with Gasteiger partial charge in [-0.3, -0.25) is 9.78 Å². The number of benzene rings is 2. The highest BCUT2D eigenvalue weighted by atomic mass is 35.5. The molecule has 10 heteroatoms. The number of rotatable bonds is 6. The van der Waals surface area contributed by atoms with E-state index in [-0.39, 0.29) is 40.8 Å². The van der Waals surface area contributed by atoms with Crippen molar-refractivity contribution in [3.63, 3.8) is 0 Å². The summed E-state index contributed by atoms with van der Waals surface area (Å²) in [6.07, 6.45) is 2.97. The lowest BCUT2D eigenvalue weighted by atomic mass is 9.84. The van der Waals surface area contributed by atoms with Crippen LogP contribution in [-0.2, 0) is 34.2 Å². The topological polar surface area (TPSA) is 120 Å². The zero-order valence-corrected chi connectivity index (χ0v) is 22.6. The van der Waals surface area contributed by atoms with E-state index in [1.54, 1.807) is 12.1 Å². The number of piperidine rings is 1. The average molecular weight is 555 g/mol. The lowest BCUT2D eigenvalue weighted by molar-refractivity contribution is -0.254. The van der Waals surface area contributed by atoms with E-state index in [2.05, 4.69) is 17.2 Å². The van der Waals surface area contributed by atoms with Crippen LogP contribution < -0.4 is 10.4 Å². The van der Waals surface area contributed by atoms with E-state index < -0.39 is 16.0 Å². The molecule has 1 atom stereocenters. The van der Waals surface area contributed by atoms with Gasteiger partial charge in [0, 0.05) is 47.2 Å². The molecule has 1 aliphatic heterocycles. The van der Waals surface area contributed by atoms with Crippen LogP contribution in [0.3, 0.4) is 0 Å². The van der Waals surface area contributed by atoms with Crippen molar-refractivity contribution in [1.82, 2.24) is 14.6 Å². The van der Waals surface area contributed by atoms with Gasteiger partial charge in [-0.25, -0.2) is 8.42 Å². The number of carbonyl (C=O) groups excluding carboxylic acids is 2. The summed E-state index contributed by atoms with van der Waals surface area (Å²) in [5, 5.41) is 15.9. The molecule has 38 heavy (non-hydrogen) atoms. The van der Waals surface area contributed by atoms with Crippen molar-refractivity contribution in [2.75, 3.05) is 13.1 Å². The van der Waals surface area contributed by atoms with E-state index in [0.717, 1.165) is 17.7 Å². The van der Waals surface area contributed by atoms with E-state index in [1.807, 2.05) is 18.2 Å². The first-order valence-corrected chi connectivity index (χ1v) is 14.6. The monoisotopic (exact) mass is 554 g/mol. The van der Waals surface area contributed by atoms with E-state index in [1.165, 1.54) is 16.4 Å². The molecule has 1 aromatic heterocycles. The summed E-state index contributed by atoms with van der Waals surface area (Å²) >= 11 is 6.16. The number of fused-ring (bicyclic) bond motifs is 2. The molecule has 200 valence electrons. The maximum atomic E-state index is 13.5. The lowest BCUT2D eigenvalue weighted by Gasteiger charge is -2.31. The number of pyridine rings is 1. The van der Waals surface area contributed by atoms with Crippen LogP contribution in [-0.4, -0.2) is 42.7 Å². The van der Waals surface area contributed by atoms with Crippen molar-refractivity contribution in [1.29, 1.82) is 0 Å². The van der Waals surface area contributed by atoms with Gasteiger partial charge in [-0.15, -0.1) is 0 Å². The molecule has 1 N–H and O–H groups in total. The number of aryl methyl sites for hydroxylation is 1. The van der Waals surface area contributed by atoms with Crippen LogP contribution in [0.1, 0.15) is 53.4 Å². The standard InChI is InChI=1S/C28H30ClN3O5S/c1-17-6-8-24-21(14-17)26(28(34)35)22-15-20(7-9-25(22)31-24)38(36,37)32-12-10-18(11-13-32)27(33)30-16-19-4-2-3-5-23(19)29/h2-5,7,9,15,17-18H,6,8,10-14,16H2,1H3,(H,30,33)(H,34,35)/p-1. The van der Waals surface area contributed by atoms with E-state index in [0.29, 0.717) is 54.2 Å². The van der Waals surface area contributed by atoms with Crippen LogP contribution in [0.4, 0.5) is 0 Å². The third-order valence-electron chi connectivity index (χ3n) is 7.65. The fourth-order valence-corrected chi connectivity index (χ4v) is 7.16. The van der Waals surface area contributed by atoms with Crippen LogP contribution in [0.15, 0.2) is 47.4 Å². The van der Waals surface area contributed by atoms with Gasteiger partial charge in [0.15, 0.2) is 0 Å². The number of aromatic carboxylic acids is 1. The summed E-state index contributed by atoms with van der Waals surface area (Å²) in [6.45, 7) is 2.76. The van der Waals surface area contributed by atoms with Gasteiger partial charge in [-0.2, -0.15) is 4.31 Å². The van der Waals surface area contributed by atoms with Gasteiger partial charge in [-0.1, -0.05) is 36.7 Å². The number of halogens is 1. The Hall–Kier alpha value is -3.01. The minimum Gasteiger partial charge on any atom is -0.545 e. The van der Waals surface area contributed by atoms with E-state index >= 15 is 0 Å². The Kier molecular flexibility index (Phi) is 7.44. The van der Waals surface area contributed by atoms with Gasteiger partial charge in [-0.05, 0) is 73.4 Å². The molecule has 0 radical (unpaired) electrons. The minimum atomic E-state index is -3.89. The van der Waals surface area contributed by atoms with Gasteiger partial charge in [0.25, 0.3) is 0 Å². The van der Waals surface area contributed by atoms with Gasteiger partial charge in [0.2, 0.25) is 15.9 Å². The van der Waals surface area contributed by atoms with Crippen molar-refractivity contribution in [3.8, 4) is 0 Å². The number of carboxylic acids is 1. The number of carboxylic acid groups (broad SMARTS) is 1. The van der Waals surface area contributed by atoms with Gasteiger partial charge >= 0.3 is 0 Å². The fourth-order valence-electron chi connectivity index (χ4n) is 5.46. The fraction of sp³-hybridized carbons (Fsp3) is 0.393. The number of nitrogens with zero attached hydrogens (tertiary/aromatic N) is 2. The maximum absolute atomic E-state index is 13.5. The largest absolute Gasteiger partial charge is 0.545 e. The zero-order chi connectivity index (χ0) is 27.0. The molecule has 1 fully saturated rings. The molecular weight excluding hydrogens is 526 g/mol. The molecule has 1 amide bonds. The molecule has 0 saturated carbocycles. The van der Waals surface area contributed by atoms with Crippen LogP contribution in [0.5, 0.6) is 0 Å². The molecule has 3 aromatic rings. The summed E-state index contributed by atoms with van der Waals surface area (Å²) in [4.78, 5) is 29.5. The molecule has 2 aliphatic rings. The summed E-state index contributed by atoms with van der Waals surface area (Å²) in [6, 6.07) is 11.7. The Morgan fingerprint density at radius 1 is 1.13 bits per heavy atom. The van der Waals surface area contributed by atoms with Crippen molar-refractivity contribution < 1.29 is 23.1 Å². The second-order valence-electron chi connectivity index (χ2n) is 10.2. The molecule has 0 spiro atoms. The van der Waals surface area contributed by atoms with Gasteiger partial charge < -0.3 is 15.2 Å². The highest BCUT2D eigenvalue weighted by molar-refractivity contribution is 7.89. The molecule has 5 rings (SSSR count). The number of amides is 1. The van der Waals surface area contributed by atoms with Crippen LogP contribution in [0, 0.1) is 11.8 Å². The quantitative estimate of drug-likeness (QED) is 0.500. The highest BCUT2D eigenvalue weighted by Crippen LogP contribution is 2.33. The molecule has 2 heterocycles. The maximum Gasteiger partial charge on any atom is 0.243 e. The predicted molar refractivity (Wildman–Crippen MR) is 142 cm³/mol. The van der Waals surface area contributed by atoms with E-state index in [4.69, 9.17) is 11.6 Å². The smallest absolute Gasteiger partial charge is 0.243 e. The Morgan fingerprint density at radius 2 is 1.87 bits per heavy atom. The van der Waals surface area contributed by atoms with Crippen molar-refractivity contribution >= 4 is 44.4 Å². The number of hydrogen-bond acceptors (Lipinski definition) is 6. The third kappa shape index (κ3) is 5.15. The Bertz CT molecular complexity index is 1520. The normalized spacial score (nSPS) is 18.7. The number of carbonyl (C=O) groups is 2. The molecule has 2 aromatic carbocycles. The second kappa shape index (κ2) is 10.6. The predicted octanol–water partition coefficient (Wildman–Crippen LogP) is 3.09. The number of sulfonamides is 1. The lowest BCUT2D eigenvalue weighted by Crippen LogP contribution is -2.42. The van der Waals surface area contributed by atoms with Crippen LogP contribution in [0.2, 0.25) is 5.02 Å². The summed E-state index contributed by atoms with van der Waals surface area (Å²) in [7, 11) is -3.89. The van der Waals surface area contributed by atoms with Crippen molar-refractivity contribution in [2.24, 2.45) is 11.8 Å². The second-order valence-corrected chi connectivity index (χ2v) is 12.6. The Balaban J connectivity index is 1.33. The molecular formula is C28H29ClN3O5S-. The molecule has 8 nitrogen and oxygen atoms in total. The number of nitrogens with one attached hydrogen (secondary N) is 1. The molecule has 0 bridgehead atoms. The molecule has 1 unspecified atom stereocenters. The van der Waals surface area contributed by atoms with Gasteiger partial charge in [0.1, 0.15) is 0 Å². The summed E-state index contributed by atoms with van der Waals surface area (Å²) < 4.78 is 28.4. The summed E-state index contributed by atoms with van der Waals surface area (Å²) in [5.74, 6) is -1.44. The minimum absolute atomic E-state index is 0.0136. The van der Waals surface area contributed by atoms with Crippen molar-refractivity contribution in [2.45, 2.75) is 50.5 Å². The molecule has 1 aliphatic carbocycles. The van der Waals surface area contributed by atoms with Gasteiger partial charge in [0.05, 0.1) is 16.4 Å². The number of aromatic nitrogens is 1. The number of hydrogen-bond donors (Lipinski definition) is 1. The van der Waals surface area contributed by atoms with Crippen molar-refractivity contribution in [3.05, 3.63) is 69.9 Å². The Labute approximate surface area is 227 Å². The highest BCUT2D eigenvalue weighted by Gasteiger charge is 2.33. The SMILES string of the molecule is CC1CCc2nc3ccc(S(=O)(=O)N4CCC(C(=O)NCc5ccccc5Cl)CC4)cc3c(C(=O)[O-])c2C1. The Morgan fingerprint density at radius 3 is 2.58 bits per heavy atom. The van der Waals surface area contributed by atoms with E-state index in [9.17, 15) is 23.1 Å². The summed E-state index contributed by atoms with van der Waals surface area (Å²) in [5.41, 5.74) is 2.71. The first-order chi connectivity index (χ1) is 18.1. The first kappa shape index (κ1) is 26.6. The average Bonchev–Trinajstić information content (AvgIpc) is 2.90. The van der Waals surface area contributed by atoms with Crippen LogP contribution in [0.25, 0.3) is 10.9 Å². The zero-order valence-electron chi connectivity index (χ0n) is 21.1. The van der Waals surface area contributed by atoms with Crippen LogP contribution >= 0.6 is 11.6 Å².